The van der Waals surface area contributed by atoms with E-state index in [1.165, 1.54) is 51.9 Å². The van der Waals surface area contributed by atoms with Crippen LogP contribution in [0.25, 0.3) is 11.0 Å². The van der Waals surface area contributed by atoms with E-state index in [9.17, 15) is 9.59 Å². The topological polar surface area (TPSA) is 163 Å². The fourth-order valence-corrected chi connectivity index (χ4v) is 7.48. The maximum Gasteiger partial charge on any atom is 0.290 e. The molecule has 2 N–H and O–H groups in total. The third-order valence-electron chi connectivity index (χ3n) is 10.3. The standard InChI is InChI=1S/2C18H22N2O3.2CH2O2/c2*1-22-15-2-3-16-17(10-15)23-12-13(18(16)21)11-20-9-8-19-6-4-14(20)5-7-19;2*2-1-3/h2-3,10,12,14H,4-9,11H2,1H3;2-3,10-11,14H,4-9,12H2,1H3;2*1H,(H,2,3)/b;13-11+;;. The van der Waals surface area contributed by atoms with Gasteiger partial charge in [0.15, 0.2) is 11.2 Å². The van der Waals surface area contributed by atoms with Crippen molar-refractivity contribution in [1.82, 2.24) is 19.6 Å². The van der Waals surface area contributed by atoms with Gasteiger partial charge in [0.05, 0.1) is 37.0 Å². The quantitative estimate of drug-likeness (QED) is 0.291. The number of carbonyl (C=O) groups excluding carboxylic acids is 1. The number of ketones is 1. The second kappa shape index (κ2) is 18.5. The van der Waals surface area contributed by atoms with E-state index >= 15 is 0 Å². The molecule has 0 aliphatic carbocycles. The van der Waals surface area contributed by atoms with Gasteiger partial charge in [0.1, 0.15) is 29.4 Å². The highest BCUT2D eigenvalue weighted by Gasteiger charge is 2.31. The monoisotopic (exact) mass is 720 g/mol. The van der Waals surface area contributed by atoms with Crippen LogP contribution in [-0.2, 0) is 16.1 Å². The summed E-state index contributed by atoms with van der Waals surface area (Å²) in [5.74, 6) is 2.11. The van der Waals surface area contributed by atoms with Crippen LogP contribution in [0.3, 0.4) is 0 Å². The molecule has 14 nitrogen and oxygen atoms in total. The van der Waals surface area contributed by atoms with Crippen molar-refractivity contribution in [3.8, 4) is 17.2 Å². The molecule has 7 aliphatic rings. The van der Waals surface area contributed by atoms with Gasteiger partial charge < -0.3 is 43.5 Å². The lowest BCUT2D eigenvalue weighted by Gasteiger charge is -2.31. The van der Waals surface area contributed by atoms with Gasteiger partial charge in [-0.1, -0.05) is 0 Å². The lowest BCUT2D eigenvalue weighted by Crippen LogP contribution is -2.38. The van der Waals surface area contributed by atoms with Gasteiger partial charge in [-0.25, -0.2) is 0 Å². The Morgan fingerprint density at radius 1 is 0.788 bits per heavy atom. The summed E-state index contributed by atoms with van der Waals surface area (Å²) >= 11 is 0. The van der Waals surface area contributed by atoms with Crippen LogP contribution in [0.4, 0.5) is 0 Å². The Morgan fingerprint density at radius 3 is 2.04 bits per heavy atom. The lowest BCUT2D eigenvalue weighted by molar-refractivity contribution is -0.123. The smallest absolute Gasteiger partial charge is 0.290 e. The van der Waals surface area contributed by atoms with Gasteiger partial charge in [-0.2, -0.15) is 0 Å². The van der Waals surface area contributed by atoms with Gasteiger partial charge in [-0.15, -0.1) is 0 Å². The van der Waals surface area contributed by atoms with Crippen LogP contribution in [-0.4, -0.2) is 134 Å². The average Bonchev–Trinajstić information content (AvgIpc) is 3.66. The minimum atomic E-state index is -0.250. The Morgan fingerprint density at radius 2 is 1.38 bits per heavy atom. The number of nitrogens with zero attached hydrogens (tertiary/aromatic N) is 4. The first kappa shape index (κ1) is 38.3. The van der Waals surface area contributed by atoms with Crippen molar-refractivity contribution in [3.63, 3.8) is 0 Å². The van der Waals surface area contributed by atoms with E-state index in [4.69, 9.17) is 38.4 Å². The molecule has 0 unspecified atom stereocenters. The van der Waals surface area contributed by atoms with Crippen molar-refractivity contribution in [2.45, 2.75) is 44.3 Å². The van der Waals surface area contributed by atoms with Crippen LogP contribution in [0.2, 0.25) is 0 Å². The van der Waals surface area contributed by atoms with E-state index in [2.05, 4.69) is 25.8 Å². The molecular weight excluding hydrogens is 672 g/mol. The normalized spacial score (nSPS) is 23.9. The summed E-state index contributed by atoms with van der Waals surface area (Å²) in [7, 11) is 3.22. The first-order valence-corrected chi connectivity index (χ1v) is 17.6. The molecule has 0 amide bonds. The highest BCUT2D eigenvalue weighted by molar-refractivity contribution is 6.11. The summed E-state index contributed by atoms with van der Waals surface area (Å²) in [6, 6.07) is 11.9. The van der Waals surface area contributed by atoms with Crippen molar-refractivity contribution in [2.24, 2.45) is 0 Å². The summed E-state index contributed by atoms with van der Waals surface area (Å²) < 4.78 is 21.9. The second-order valence-electron chi connectivity index (χ2n) is 13.2. The van der Waals surface area contributed by atoms with Crippen LogP contribution in [0, 0.1) is 0 Å². The zero-order chi connectivity index (χ0) is 37.0. The van der Waals surface area contributed by atoms with Crippen molar-refractivity contribution in [1.29, 1.82) is 0 Å². The summed E-state index contributed by atoms with van der Waals surface area (Å²) in [4.78, 5) is 52.1. The molecule has 280 valence electrons. The summed E-state index contributed by atoms with van der Waals surface area (Å²) in [5.41, 5.74) is 2.80. The molecule has 10 rings (SSSR count). The summed E-state index contributed by atoms with van der Waals surface area (Å²) in [5, 5.41) is 14.4. The molecule has 0 atom stereocenters. The predicted molar refractivity (Wildman–Crippen MR) is 193 cm³/mol. The number of piperidine rings is 2. The zero-order valence-corrected chi connectivity index (χ0v) is 29.8. The third-order valence-corrected chi connectivity index (χ3v) is 10.3. The van der Waals surface area contributed by atoms with E-state index in [-0.39, 0.29) is 24.2 Å². The molecule has 2 aromatic carbocycles. The summed E-state index contributed by atoms with van der Waals surface area (Å²) in [6.07, 6.45) is 8.46. The predicted octanol–water partition coefficient (Wildman–Crippen LogP) is 3.42. The Kier molecular flexibility index (Phi) is 13.7. The molecule has 7 aliphatic heterocycles. The van der Waals surface area contributed by atoms with Gasteiger partial charge in [0.2, 0.25) is 0 Å². The first-order chi connectivity index (χ1) is 25.3. The number of rotatable bonds is 5. The maximum atomic E-state index is 12.8. The minimum Gasteiger partial charge on any atom is -0.497 e. The maximum absolute atomic E-state index is 12.8. The van der Waals surface area contributed by atoms with Gasteiger partial charge in [0, 0.05) is 81.8 Å². The number of hydrogen-bond donors (Lipinski definition) is 2. The number of methoxy groups -OCH3 is 2. The fourth-order valence-electron chi connectivity index (χ4n) is 7.48. The van der Waals surface area contributed by atoms with Crippen molar-refractivity contribution < 1.29 is 43.2 Å². The van der Waals surface area contributed by atoms with Crippen molar-refractivity contribution in [2.75, 3.05) is 73.2 Å². The molecular formula is C38H48N4O10. The molecule has 52 heavy (non-hydrogen) atoms. The molecule has 0 spiro atoms. The third kappa shape index (κ3) is 9.29. The number of benzene rings is 2. The van der Waals surface area contributed by atoms with Gasteiger partial charge in [0.25, 0.3) is 12.9 Å². The van der Waals surface area contributed by atoms with E-state index < -0.39 is 0 Å². The van der Waals surface area contributed by atoms with E-state index in [0.717, 1.165) is 37.3 Å². The second-order valence-corrected chi connectivity index (χ2v) is 13.2. The number of fused-ring (bicyclic) bond motifs is 10. The van der Waals surface area contributed by atoms with E-state index in [0.29, 0.717) is 59.0 Å². The van der Waals surface area contributed by atoms with E-state index in [1.807, 2.05) is 12.1 Å². The Balaban J connectivity index is 0.000000175. The molecule has 3 aromatic rings. The summed E-state index contributed by atoms with van der Waals surface area (Å²) in [6.45, 7) is 9.47. The number of Topliss-reactive ketones (excluding diaryl/α,β-unsaturated/α-hetero) is 1. The lowest BCUT2D eigenvalue weighted by atomic mass is 10.00. The van der Waals surface area contributed by atoms with Gasteiger partial charge in [-0.3, -0.25) is 24.1 Å². The Bertz CT molecular complexity index is 1760. The first-order valence-electron chi connectivity index (χ1n) is 17.6. The number of ether oxygens (including phenoxy) is 3. The zero-order valence-electron chi connectivity index (χ0n) is 29.8. The molecule has 1 aromatic heterocycles. The van der Waals surface area contributed by atoms with Crippen LogP contribution in [0.15, 0.2) is 63.6 Å². The molecule has 4 bridgehead atoms. The SMILES string of the molecule is COc1ccc2c(=O)c(CN3CCN4CCC3CC4)coc2c1.COc1ccc2c(c1)OC/C(=C\N1CCN3CCC1CC3)C2=O.O=CO.O=CO. The highest BCUT2D eigenvalue weighted by atomic mass is 16.5. The number of carbonyl (C=O) groups is 3. The van der Waals surface area contributed by atoms with Crippen LogP contribution >= 0.6 is 0 Å². The molecule has 8 heterocycles. The molecule has 6 fully saturated rings. The molecule has 6 saturated heterocycles. The van der Waals surface area contributed by atoms with Gasteiger partial charge in [-0.05, 0) is 63.0 Å². The number of carboxylic acid groups (broad SMARTS) is 2. The Labute approximate surface area is 302 Å². The molecule has 14 heteroatoms. The van der Waals surface area contributed by atoms with Crippen LogP contribution < -0.4 is 19.6 Å². The highest BCUT2D eigenvalue weighted by Crippen LogP contribution is 2.32. The largest absolute Gasteiger partial charge is 0.497 e. The van der Waals surface area contributed by atoms with Crippen molar-refractivity contribution in [3.05, 3.63) is 75.8 Å². The fraction of sp³-hybridized carbons (Fsp3) is 0.474. The van der Waals surface area contributed by atoms with Crippen LogP contribution in [0.1, 0.15) is 41.6 Å². The van der Waals surface area contributed by atoms with Crippen molar-refractivity contribution >= 4 is 29.7 Å². The minimum absolute atomic E-state index is 0.0769. The average molecular weight is 721 g/mol. The number of hydrogen-bond acceptors (Lipinski definition) is 12. The van der Waals surface area contributed by atoms with Crippen LogP contribution in [0.5, 0.6) is 17.2 Å². The van der Waals surface area contributed by atoms with Gasteiger partial charge >= 0.3 is 0 Å². The molecule has 0 saturated carbocycles. The Hall–Kier alpha value is -4.92. The van der Waals surface area contributed by atoms with E-state index in [1.54, 1.807) is 44.7 Å². The molecule has 0 radical (unpaired) electrons.